The molecule has 0 nitrogen and oxygen atoms in total. The van der Waals surface area contributed by atoms with Gasteiger partial charge < -0.3 is 6.92 Å². The zero-order valence-corrected chi connectivity index (χ0v) is 16.4. The van der Waals surface area contributed by atoms with Crippen LogP contribution in [0.15, 0.2) is 24.3 Å². The zero-order valence-electron chi connectivity index (χ0n) is 15.0. The summed E-state index contributed by atoms with van der Waals surface area (Å²) in [6.45, 7) is 20.5. The molecule has 0 bridgehead atoms. The van der Waals surface area contributed by atoms with Crippen LogP contribution in [0.5, 0.6) is 0 Å². The average molecular weight is 314 g/mol. The summed E-state index contributed by atoms with van der Waals surface area (Å²) in [5, 5.41) is 0. The van der Waals surface area contributed by atoms with Gasteiger partial charge in [0.15, 0.2) is 0 Å². The molecule has 0 aliphatic heterocycles. The smallest absolute Gasteiger partial charge is 0 e. The number of benzene rings is 1. The van der Waals surface area contributed by atoms with Crippen LogP contribution < -0.4 is 0 Å². The van der Waals surface area contributed by atoms with Gasteiger partial charge in [0.05, 0.1) is 0 Å². The van der Waals surface area contributed by atoms with E-state index in [1.54, 1.807) is 6.92 Å². The molecule has 1 unspecified atom stereocenters. The van der Waals surface area contributed by atoms with E-state index in [4.69, 9.17) is 0 Å². The van der Waals surface area contributed by atoms with Crippen molar-refractivity contribution in [1.82, 2.24) is 0 Å². The van der Waals surface area contributed by atoms with Gasteiger partial charge in [-0.1, -0.05) is 72.7 Å². The van der Waals surface area contributed by atoms with Gasteiger partial charge in [0.2, 0.25) is 0 Å². The summed E-state index contributed by atoms with van der Waals surface area (Å²) < 4.78 is 0. The molecule has 0 heterocycles. The van der Waals surface area contributed by atoms with Crippen LogP contribution in [0.1, 0.15) is 85.3 Å². The Morgan fingerprint density at radius 1 is 1.10 bits per heavy atom. The average Bonchev–Trinajstić information content (AvgIpc) is 2.50. The summed E-state index contributed by atoms with van der Waals surface area (Å²) in [7, 11) is 0. The first-order valence-electron chi connectivity index (χ1n) is 7.82. The Hall–Kier alpha value is -0.196. The molecule has 0 saturated heterocycles. The van der Waals surface area contributed by atoms with E-state index < -0.39 is 0 Å². The fourth-order valence-electron chi connectivity index (χ4n) is 1.71. The minimum Gasteiger partial charge on any atom is -0.346 e. The summed E-state index contributed by atoms with van der Waals surface area (Å²) in [5.41, 5.74) is 3.27. The van der Waals surface area contributed by atoms with E-state index >= 15 is 0 Å². The van der Waals surface area contributed by atoms with Crippen molar-refractivity contribution in [3.8, 4) is 0 Å². The summed E-state index contributed by atoms with van der Waals surface area (Å²) in [4.78, 5) is 0. The normalized spacial score (nSPS) is 11.1. The van der Waals surface area contributed by atoms with Crippen LogP contribution in [0.3, 0.4) is 0 Å². The molecule has 0 aliphatic carbocycles. The van der Waals surface area contributed by atoms with E-state index in [0.717, 1.165) is 0 Å². The van der Waals surface area contributed by atoms with E-state index in [2.05, 4.69) is 65.8 Å². The number of rotatable bonds is 4. The topological polar surface area (TPSA) is 0 Å². The molecular weight excluding hydrogens is 279 g/mol. The van der Waals surface area contributed by atoms with Crippen LogP contribution in [-0.2, 0) is 24.0 Å². The third-order valence-electron chi connectivity index (χ3n) is 3.73. The van der Waals surface area contributed by atoms with Crippen molar-refractivity contribution in [3.05, 3.63) is 42.3 Å². The van der Waals surface area contributed by atoms with Crippen molar-refractivity contribution in [2.75, 3.05) is 0 Å². The molecule has 0 aliphatic rings. The van der Waals surface area contributed by atoms with E-state index in [0.29, 0.717) is 11.3 Å². The third kappa shape index (κ3) is 8.17. The van der Waals surface area contributed by atoms with Crippen molar-refractivity contribution in [2.24, 2.45) is 0 Å². The van der Waals surface area contributed by atoms with Gasteiger partial charge in [0, 0.05) is 18.6 Å². The summed E-state index contributed by atoms with van der Waals surface area (Å²) in [6.07, 6.45) is 2.41. The van der Waals surface area contributed by atoms with Gasteiger partial charge in [-0.2, -0.15) is 6.92 Å². The zero-order chi connectivity index (χ0) is 15.5. The maximum absolute atomic E-state index is 3.25. The van der Waals surface area contributed by atoms with E-state index in [1.807, 2.05) is 13.8 Å². The molecule has 0 saturated carbocycles. The van der Waals surface area contributed by atoms with E-state index in [-0.39, 0.29) is 18.6 Å². The fraction of sp³-hybridized carbons (Fsp3) is 0.632. The van der Waals surface area contributed by atoms with Gasteiger partial charge in [-0.15, -0.1) is 0 Å². The second-order valence-corrected chi connectivity index (χ2v) is 5.17. The van der Waals surface area contributed by atoms with Crippen LogP contribution in [0.4, 0.5) is 0 Å². The fourth-order valence-corrected chi connectivity index (χ4v) is 1.71. The molecule has 0 spiro atoms. The first-order valence-corrected chi connectivity index (χ1v) is 7.82. The van der Waals surface area contributed by atoms with Gasteiger partial charge in [0.25, 0.3) is 0 Å². The van der Waals surface area contributed by atoms with E-state index in [1.165, 1.54) is 24.0 Å². The Bertz CT molecular complexity index is 315. The molecule has 1 aromatic rings. The largest absolute Gasteiger partial charge is 0.346 e. The summed E-state index contributed by atoms with van der Waals surface area (Å²) in [5.74, 6) is 0.678. The quantitative estimate of drug-likeness (QED) is 0.539. The second kappa shape index (κ2) is 13.8. The molecule has 1 radical (unpaired) electrons. The summed E-state index contributed by atoms with van der Waals surface area (Å²) in [6, 6.07) is 9.10. The Balaban J connectivity index is -0.000000529. The minimum atomic E-state index is 0. The SMILES string of the molecule is CC.CCC(C)c1cccc(C(C)(C)CC)c1.[CH2-]C.[V]. The van der Waals surface area contributed by atoms with Crippen LogP contribution in [-0.4, -0.2) is 0 Å². The van der Waals surface area contributed by atoms with E-state index in [9.17, 15) is 0 Å². The van der Waals surface area contributed by atoms with Crippen molar-refractivity contribution >= 4 is 0 Å². The van der Waals surface area contributed by atoms with Crippen molar-refractivity contribution in [3.63, 3.8) is 0 Å². The molecule has 1 atom stereocenters. The van der Waals surface area contributed by atoms with Crippen LogP contribution in [0.25, 0.3) is 0 Å². The van der Waals surface area contributed by atoms with Crippen LogP contribution in [0, 0.1) is 6.92 Å². The number of hydrogen-bond donors (Lipinski definition) is 0. The molecule has 1 rings (SSSR count). The van der Waals surface area contributed by atoms with Crippen molar-refractivity contribution in [1.29, 1.82) is 0 Å². The van der Waals surface area contributed by atoms with Crippen LogP contribution in [0.2, 0.25) is 0 Å². The first kappa shape index (κ1) is 24.8. The predicted molar refractivity (Wildman–Crippen MR) is 90.8 cm³/mol. The molecule has 117 valence electrons. The Morgan fingerprint density at radius 2 is 1.60 bits per heavy atom. The molecule has 0 N–H and O–H groups in total. The summed E-state index contributed by atoms with van der Waals surface area (Å²) >= 11 is 0. The third-order valence-corrected chi connectivity index (χ3v) is 3.73. The maximum atomic E-state index is 3.25. The molecule has 1 aromatic carbocycles. The predicted octanol–water partition coefficient (Wildman–Crippen LogP) is 6.75. The standard InChI is InChI=1S/C15H24.C2H6.C2H5.V/c1-6-12(3)13-9-8-10-14(11-13)15(4,5)7-2;2*1-2;/h8-12H,6-7H2,1-5H3;1-2H3;1H2,2H3;/q;;-1;. The monoisotopic (exact) mass is 314 g/mol. The van der Waals surface area contributed by atoms with Crippen molar-refractivity contribution in [2.45, 2.75) is 79.6 Å². The molecule has 20 heavy (non-hydrogen) atoms. The van der Waals surface area contributed by atoms with Gasteiger partial charge in [-0.25, -0.2) is 0 Å². The van der Waals surface area contributed by atoms with Gasteiger partial charge in [-0.05, 0) is 35.3 Å². The second-order valence-electron chi connectivity index (χ2n) is 5.17. The molecule has 0 aromatic heterocycles. The molecule has 1 heteroatoms. The van der Waals surface area contributed by atoms with Gasteiger partial charge in [0.1, 0.15) is 0 Å². The Labute approximate surface area is 140 Å². The molecule has 0 fully saturated rings. The maximum Gasteiger partial charge on any atom is 0 e. The van der Waals surface area contributed by atoms with Crippen molar-refractivity contribution < 1.29 is 18.6 Å². The number of hydrogen-bond acceptors (Lipinski definition) is 0. The van der Waals surface area contributed by atoms with Crippen LogP contribution >= 0.6 is 0 Å². The molecular formula is C19H35V-. The minimum absolute atomic E-state index is 0. The first-order chi connectivity index (χ1) is 9.01. The van der Waals surface area contributed by atoms with Gasteiger partial charge in [-0.3, -0.25) is 0 Å². The Morgan fingerprint density at radius 3 is 2.00 bits per heavy atom. The van der Waals surface area contributed by atoms with Gasteiger partial charge >= 0.3 is 0 Å². The Kier molecular flexibility index (Phi) is 17.1. The molecule has 0 amide bonds.